The number of hydrogen-bond donors (Lipinski definition) is 2. The van der Waals surface area contributed by atoms with Crippen molar-refractivity contribution in [2.75, 3.05) is 12.4 Å². The second-order valence-corrected chi connectivity index (χ2v) is 7.95. The van der Waals surface area contributed by atoms with Crippen LogP contribution in [0.5, 0.6) is 0 Å². The summed E-state index contributed by atoms with van der Waals surface area (Å²) in [6.07, 6.45) is 0.215. The second-order valence-electron chi connectivity index (χ2n) is 6.09. The summed E-state index contributed by atoms with van der Waals surface area (Å²) in [5, 5.41) is 4.97. The number of carbonyl (C=O) groups excluding carboxylic acids is 1. The van der Waals surface area contributed by atoms with Gasteiger partial charge in [-0.15, -0.1) is 0 Å². The minimum Gasteiger partial charge on any atom is -0.326 e. The van der Waals surface area contributed by atoms with Crippen LogP contribution in [0.15, 0.2) is 65.6 Å². The first-order chi connectivity index (χ1) is 12.4. The zero-order valence-electron chi connectivity index (χ0n) is 14.6. The largest absolute Gasteiger partial charge is 0.326 e. The quantitative estimate of drug-likeness (QED) is 0.726. The Morgan fingerprint density at radius 1 is 0.962 bits per heavy atom. The highest BCUT2D eigenvalue weighted by atomic mass is 32.2. The third-order valence-electron chi connectivity index (χ3n) is 4.21. The van der Waals surface area contributed by atoms with E-state index in [0.29, 0.717) is 11.3 Å². The van der Waals surface area contributed by atoms with Gasteiger partial charge >= 0.3 is 0 Å². The Labute approximate surface area is 153 Å². The van der Waals surface area contributed by atoms with Gasteiger partial charge in [0, 0.05) is 5.69 Å². The number of hydrogen-bond acceptors (Lipinski definition) is 3. The number of sulfonamides is 1. The number of nitrogens with one attached hydrogen (secondary N) is 2. The first kappa shape index (κ1) is 18.1. The van der Waals surface area contributed by atoms with E-state index in [4.69, 9.17) is 0 Å². The van der Waals surface area contributed by atoms with E-state index in [2.05, 4.69) is 10.0 Å². The molecule has 0 aliphatic rings. The third kappa shape index (κ3) is 3.92. The molecular formula is C20H20N2O3S. The van der Waals surface area contributed by atoms with Crippen LogP contribution in [-0.2, 0) is 21.2 Å². The molecule has 0 atom stereocenters. The average molecular weight is 368 g/mol. The zero-order valence-corrected chi connectivity index (χ0v) is 15.4. The predicted molar refractivity (Wildman–Crippen MR) is 104 cm³/mol. The van der Waals surface area contributed by atoms with Gasteiger partial charge in [-0.2, -0.15) is 0 Å². The van der Waals surface area contributed by atoms with Crippen molar-refractivity contribution >= 4 is 32.4 Å². The SMILES string of the molecule is CNS(=O)(=O)c1cc(NC(=O)Cc2ccc3ccccc3c2)ccc1C. The monoisotopic (exact) mass is 368 g/mol. The van der Waals surface area contributed by atoms with Gasteiger partial charge in [-0.05, 0) is 48.0 Å². The molecule has 0 saturated heterocycles. The molecule has 26 heavy (non-hydrogen) atoms. The molecule has 3 aromatic carbocycles. The molecule has 0 saturated carbocycles. The lowest BCUT2D eigenvalue weighted by Gasteiger charge is -2.11. The normalized spacial score (nSPS) is 11.5. The van der Waals surface area contributed by atoms with Crippen molar-refractivity contribution in [3.8, 4) is 0 Å². The van der Waals surface area contributed by atoms with E-state index in [1.807, 2.05) is 42.5 Å². The summed E-state index contributed by atoms with van der Waals surface area (Å²) in [6.45, 7) is 1.71. The Bertz CT molecular complexity index is 1080. The summed E-state index contributed by atoms with van der Waals surface area (Å²) in [6, 6.07) is 18.7. The number of fused-ring (bicyclic) bond motifs is 1. The number of aryl methyl sites for hydroxylation is 1. The van der Waals surface area contributed by atoms with Gasteiger partial charge in [0.2, 0.25) is 15.9 Å². The Morgan fingerprint density at radius 2 is 1.69 bits per heavy atom. The van der Waals surface area contributed by atoms with Crippen LogP contribution in [0.4, 0.5) is 5.69 Å². The lowest BCUT2D eigenvalue weighted by molar-refractivity contribution is -0.115. The van der Waals surface area contributed by atoms with Crippen molar-refractivity contribution in [1.82, 2.24) is 4.72 Å². The molecule has 3 rings (SSSR count). The van der Waals surface area contributed by atoms with Crippen LogP contribution in [-0.4, -0.2) is 21.4 Å². The van der Waals surface area contributed by atoms with Gasteiger partial charge in [-0.25, -0.2) is 13.1 Å². The molecule has 0 heterocycles. The highest BCUT2D eigenvalue weighted by Crippen LogP contribution is 2.21. The molecule has 0 aliphatic carbocycles. The fourth-order valence-corrected chi connectivity index (χ4v) is 3.81. The van der Waals surface area contributed by atoms with Gasteiger partial charge in [0.25, 0.3) is 0 Å². The maximum atomic E-state index is 12.4. The molecule has 6 heteroatoms. The van der Waals surface area contributed by atoms with Crippen LogP contribution in [0.3, 0.4) is 0 Å². The van der Waals surface area contributed by atoms with Gasteiger partial charge in [-0.1, -0.05) is 48.5 Å². The lowest BCUT2D eigenvalue weighted by atomic mass is 10.0. The first-order valence-electron chi connectivity index (χ1n) is 8.21. The second kappa shape index (κ2) is 7.27. The Kier molecular flexibility index (Phi) is 5.06. The number of rotatable bonds is 5. The van der Waals surface area contributed by atoms with Crippen molar-refractivity contribution < 1.29 is 13.2 Å². The molecule has 0 aliphatic heterocycles. The van der Waals surface area contributed by atoms with E-state index >= 15 is 0 Å². The van der Waals surface area contributed by atoms with Crippen LogP contribution >= 0.6 is 0 Å². The third-order valence-corrected chi connectivity index (χ3v) is 5.77. The molecule has 0 unspecified atom stereocenters. The fourth-order valence-electron chi connectivity index (χ4n) is 2.82. The number of carbonyl (C=O) groups is 1. The molecule has 2 N–H and O–H groups in total. The summed E-state index contributed by atoms with van der Waals surface area (Å²) in [4.78, 5) is 12.5. The standard InChI is InChI=1S/C20H20N2O3S/c1-14-7-10-18(13-19(14)26(24,25)21-2)22-20(23)12-15-8-9-16-5-3-4-6-17(16)11-15/h3-11,13,21H,12H2,1-2H3,(H,22,23). The highest BCUT2D eigenvalue weighted by molar-refractivity contribution is 7.89. The van der Waals surface area contributed by atoms with Crippen molar-refractivity contribution in [2.45, 2.75) is 18.2 Å². The Morgan fingerprint density at radius 3 is 2.42 bits per heavy atom. The zero-order chi connectivity index (χ0) is 18.7. The summed E-state index contributed by atoms with van der Waals surface area (Å²) in [7, 11) is -2.21. The van der Waals surface area contributed by atoms with Crippen LogP contribution in [0.2, 0.25) is 0 Å². The average Bonchev–Trinajstić information content (AvgIpc) is 2.63. The summed E-state index contributed by atoms with van der Waals surface area (Å²) in [5.74, 6) is -0.197. The lowest BCUT2D eigenvalue weighted by Crippen LogP contribution is -2.20. The topological polar surface area (TPSA) is 75.3 Å². The first-order valence-corrected chi connectivity index (χ1v) is 9.69. The minimum absolute atomic E-state index is 0.156. The Balaban J connectivity index is 1.78. The van der Waals surface area contributed by atoms with Crippen LogP contribution in [0, 0.1) is 6.92 Å². The maximum absolute atomic E-state index is 12.4. The Hall–Kier alpha value is -2.70. The summed E-state index contributed by atoms with van der Waals surface area (Å²) < 4.78 is 26.4. The molecule has 0 bridgehead atoms. The van der Waals surface area contributed by atoms with E-state index in [-0.39, 0.29) is 17.2 Å². The predicted octanol–water partition coefficient (Wildman–Crippen LogP) is 3.24. The minimum atomic E-state index is -3.57. The molecule has 1 amide bonds. The van der Waals surface area contributed by atoms with Crippen molar-refractivity contribution in [1.29, 1.82) is 0 Å². The summed E-state index contributed by atoms with van der Waals surface area (Å²) in [5.41, 5.74) is 1.97. The van der Waals surface area contributed by atoms with E-state index in [9.17, 15) is 13.2 Å². The van der Waals surface area contributed by atoms with Crippen molar-refractivity contribution in [3.05, 3.63) is 71.8 Å². The van der Waals surface area contributed by atoms with Gasteiger partial charge in [0.1, 0.15) is 0 Å². The molecule has 0 fully saturated rings. The molecule has 134 valence electrons. The van der Waals surface area contributed by atoms with Crippen molar-refractivity contribution in [2.24, 2.45) is 0 Å². The van der Waals surface area contributed by atoms with E-state index in [1.165, 1.54) is 13.1 Å². The van der Waals surface area contributed by atoms with E-state index in [0.717, 1.165) is 16.3 Å². The van der Waals surface area contributed by atoms with Crippen LogP contribution < -0.4 is 10.0 Å². The molecule has 0 spiro atoms. The summed E-state index contributed by atoms with van der Waals surface area (Å²) >= 11 is 0. The maximum Gasteiger partial charge on any atom is 0.240 e. The van der Waals surface area contributed by atoms with E-state index in [1.54, 1.807) is 19.1 Å². The fraction of sp³-hybridized carbons (Fsp3) is 0.150. The van der Waals surface area contributed by atoms with Gasteiger partial charge in [-0.3, -0.25) is 4.79 Å². The van der Waals surface area contributed by atoms with Gasteiger partial charge < -0.3 is 5.32 Å². The van der Waals surface area contributed by atoms with Crippen LogP contribution in [0.1, 0.15) is 11.1 Å². The van der Waals surface area contributed by atoms with Crippen molar-refractivity contribution in [3.63, 3.8) is 0 Å². The number of benzene rings is 3. The number of anilines is 1. The highest BCUT2D eigenvalue weighted by Gasteiger charge is 2.16. The molecule has 3 aromatic rings. The molecule has 0 aromatic heterocycles. The van der Waals surface area contributed by atoms with Gasteiger partial charge in [0.05, 0.1) is 11.3 Å². The molecular weight excluding hydrogens is 348 g/mol. The van der Waals surface area contributed by atoms with Gasteiger partial charge in [0.15, 0.2) is 0 Å². The van der Waals surface area contributed by atoms with E-state index < -0.39 is 10.0 Å². The molecule has 5 nitrogen and oxygen atoms in total. The smallest absolute Gasteiger partial charge is 0.240 e. The number of amides is 1. The van der Waals surface area contributed by atoms with Crippen LogP contribution in [0.25, 0.3) is 10.8 Å². The molecule has 0 radical (unpaired) electrons.